The molecule has 1 heterocycles. The Bertz CT molecular complexity index is 138. The van der Waals surface area contributed by atoms with Crippen molar-refractivity contribution in [2.24, 2.45) is 0 Å². The summed E-state index contributed by atoms with van der Waals surface area (Å²) in [4.78, 5) is 10.7. The number of hydrogen-bond donors (Lipinski definition) is 1. The molecule has 1 aliphatic rings. The maximum absolute atomic E-state index is 10.7. The minimum absolute atomic E-state index is 0. The van der Waals surface area contributed by atoms with Gasteiger partial charge in [0.15, 0.2) is 0 Å². The first-order valence-electron chi connectivity index (χ1n) is 3.05. The van der Waals surface area contributed by atoms with E-state index in [0.717, 1.165) is 12.2 Å². The molecule has 0 radical (unpaired) electrons. The van der Waals surface area contributed by atoms with E-state index in [-0.39, 0.29) is 12.2 Å². The maximum Gasteiger partial charge on any atom is 0.279 e. The summed E-state index contributed by atoms with van der Waals surface area (Å²) in [5.74, 6) is 0.957. The van der Waals surface area contributed by atoms with Crippen molar-refractivity contribution in [3.63, 3.8) is 0 Å². The molecule has 0 saturated carbocycles. The van der Waals surface area contributed by atoms with Crippen LogP contribution in [0.3, 0.4) is 0 Å². The first kappa shape index (κ1) is 6.93. The van der Waals surface area contributed by atoms with Gasteiger partial charge in [-0.2, -0.15) is 0 Å². The normalized spacial score (nSPS) is 25.3. The number of hydrogen-bond acceptors (Lipinski definition) is 2. The summed E-state index contributed by atoms with van der Waals surface area (Å²) in [7, 11) is 0. The third-order valence-electron chi connectivity index (χ3n) is 1.40. The van der Waals surface area contributed by atoms with E-state index in [9.17, 15) is 4.79 Å². The average molecular weight is 147 g/mol. The first-order chi connectivity index (χ1) is 4.10. The predicted octanol–water partition coefficient (Wildman–Crippen LogP) is 1.86. The Hall–Kier alpha value is -0.180. The number of nitrogens with one attached hydrogen (secondary N) is 1. The first-order valence-corrected chi connectivity index (χ1v) is 4.04. The minimum Gasteiger partial charge on any atom is -0.342 e. The van der Waals surface area contributed by atoms with Crippen molar-refractivity contribution in [1.82, 2.24) is 5.32 Å². The fourth-order valence-corrected chi connectivity index (χ4v) is 1.92. The molecule has 1 aliphatic heterocycles. The summed E-state index contributed by atoms with van der Waals surface area (Å²) in [6, 6.07) is 0. The fourth-order valence-electron chi connectivity index (χ4n) is 0.774. The van der Waals surface area contributed by atoms with Crippen LogP contribution in [0.25, 0.3) is 0 Å². The molecule has 54 valence electrons. The van der Waals surface area contributed by atoms with Gasteiger partial charge in [0, 0.05) is 12.7 Å². The van der Waals surface area contributed by atoms with E-state index < -0.39 is 0 Å². The van der Waals surface area contributed by atoms with Crippen molar-refractivity contribution in [2.75, 3.05) is 5.75 Å². The lowest BCUT2D eigenvalue weighted by Gasteiger charge is -2.29. The molecule has 0 aromatic carbocycles. The van der Waals surface area contributed by atoms with Gasteiger partial charge in [-0.3, -0.25) is 4.79 Å². The monoisotopic (exact) mass is 147 g/mol. The number of amides is 1. The molecule has 1 fully saturated rings. The van der Waals surface area contributed by atoms with Gasteiger partial charge in [-0.15, -0.1) is 0 Å². The average Bonchev–Trinajstić information content (AvgIpc) is 1.60. The van der Waals surface area contributed by atoms with Crippen molar-refractivity contribution in [3.8, 4) is 0 Å². The number of carbonyl (C=O) groups excluding carboxylic acids is 1. The lowest BCUT2D eigenvalue weighted by atomic mass is 10.0. The topological polar surface area (TPSA) is 29.1 Å². The quantitative estimate of drug-likeness (QED) is 0.566. The van der Waals surface area contributed by atoms with Crippen molar-refractivity contribution in [2.45, 2.75) is 25.8 Å². The second kappa shape index (κ2) is 2.21. The van der Waals surface area contributed by atoms with Crippen LogP contribution >= 0.6 is 11.8 Å². The second-order valence-corrected chi connectivity index (χ2v) is 3.96. The zero-order valence-electron chi connectivity index (χ0n) is 5.73. The van der Waals surface area contributed by atoms with Crippen LogP contribution in [0.1, 0.15) is 21.7 Å². The van der Waals surface area contributed by atoms with Gasteiger partial charge in [-0.05, 0) is 20.3 Å². The van der Waals surface area contributed by atoms with E-state index in [2.05, 4.69) is 5.32 Å². The van der Waals surface area contributed by atoms with Gasteiger partial charge in [0.1, 0.15) is 0 Å². The molecule has 0 bridgehead atoms. The Morgan fingerprint density at radius 3 is 2.78 bits per heavy atom. The molecule has 1 saturated heterocycles. The summed E-state index contributed by atoms with van der Waals surface area (Å²) in [6.45, 7) is 4.09. The Balaban J connectivity index is 0.000000810. The van der Waals surface area contributed by atoms with Gasteiger partial charge in [0.2, 0.25) is 0 Å². The lowest BCUT2D eigenvalue weighted by molar-refractivity contribution is 0.248. The van der Waals surface area contributed by atoms with Gasteiger partial charge in [0.05, 0.1) is 0 Å². The van der Waals surface area contributed by atoms with E-state index in [0.29, 0.717) is 0 Å². The molecule has 0 aromatic rings. The standard InChI is InChI=1S/C6H11NOS.H2/c1-6(2)3-4-9-5(8)7-6;/h3-4H2,1-2H3,(H,7,8);1H. The Morgan fingerprint density at radius 1 is 1.78 bits per heavy atom. The largest absolute Gasteiger partial charge is 0.342 e. The second-order valence-electron chi connectivity index (χ2n) is 2.89. The molecule has 1 rings (SSSR count). The van der Waals surface area contributed by atoms with Crippen LogP contribution in [0.15, 0.2) is 0 Å². The molecule has 0 aromatic heterocycles. The highest BCUT2D eigenvalue weighted by Gasteiger charge is 2.24. The summed E-state index contributed by atoms with van der Waals surface area (Å²) >= 11 is 1.37. The van der Waals surface area contributed by atoms with Gasteiger partial charge in [0.25, 0.3) is 5.24 Å². The predicted molar refractivity (Wildman–Crippen MR) is 41.8 cm³/mol. The minimum atomic E-state index is 0. The molecule has 2 nitrogen and oxygen atoms in total. The highest BCUT2D eigenvalue weighted by atomic mass is 32.2. The van der Waals surface area contributed by atoms with Gasteiger partial charge in [-0.1, -0.05) is 11.8 Å². The van der Waals surface area contributed by atoms with E-state index in [4.69, 9.17) is 0 Å². The summed E-state index contributed by atoms with van der Waals surface area (Å²) < 4.78 is 0. The van der Waals surface area contributed by atoms with Crippen LogP contribution in [0.4, 0.5) is 4.79 Å². The van der Waals surface area contributed by atoms with Crippen LogP contribution in [-0.4, -0.2) is 16.5 Å². The maximum atomic E-state index is 10.7. The zero-order chi connectivity index (χ0) is 6.91. The van der Waals surface area contributed by atoms with Gasteiger partial charge < -0.3 is 5.32 Å². The summed E-state index contributed by atoms with van der Waals surface area (Å²) in [5, 5.41) is 3.00. The third kappa shape index (κ3) is 1.90. The van der Waals surface area contributed by atoms with Crippen molar-refractivity contribution in [1.29, 1.82) is 0 Å². The van der Waals surface area contributed by atoms with E-state index in [1.165, 1.54) is 11.8 Å². The molecule has 3 heteroatoms. The van der Waals surface area contributed by atoms with Crippen LogP contribution in [0.2, 0.25) is 0 Å². The third-order valence-corrected chi connectivity index (χ3v) is 2.17. The molecule has 0 atom stereocenters. The molecule has 0 aliphatic carbocycles. The fraction of sp³-hybridized carbons (Fsp3) is 0.833. The molecule has 1 amide bonds. The molecular weight excluding hydrogens is 134 g/mol. The highest BCUT2D eigenvalue weighted by molar-refractivity contribution is 8.13. The van der Waals surface area contributed by atoms with E-state index in [1.807, 2.05) is 13.8 Å². The van der Waals surface area contributed by atoms with E-state index >= 15 is 0 Å². The number of carbonyl (C=O) groups is 1. The SMILES string of the molecule is CC1(C)CCSC(=O)N1.[HH]. The highest BCUT2D eigenvalue weighted by Crippen LogP contribution is 2.20. The molecule has 1 N–H and O–H groups in total. The van der Waals surface area contributed by atoms with Crippen molar-refractivity contribution < 1.29 is 6.22 Å². The van der Waals surface area contributed by atoms with Crippen molar-refractivity contribution in [3.05, 3.63) is 0 Å². The summed E-state index contributed by atoms with van der Waals surface area (Å²) in [5.41, 5.74) is 0.0301. The lowest BCUT2D eigenvalue weighted by Crippen LogP contribution is -2.45. The number of rotatable bonds is 0. The van der Waals surface area contributed by atoms with Gasteiger partial charge in [-0.25, -0.2) is 0 Å². The van der Waals surface area contributed by atoms with Crippen molar-refractivity contribution >= 4 is 17.0 Å². The van der Waals surface area contributed by atoms with Gasteiger partial charge >= 0.3 is 0 Å². The molecule has 9 heavy (non-hydrogen) atoms. The van der Waals surface area contributed by atoms with Crippen LogP contribution < -0.4 is 5.32 Å². The smallest absolute Gasteiger partial charge is 0.279 e. The Morgan fingerprint density at radius 2 is 2.44 bits per heavy atom. The summed E-state index contributed by atoms with van der Waals surface area (Å²) in [6.07, 6.45) is 1.07. The van der Waals surface area contributed by atoms with Crippen LogP contribution in [0.5, 0.6) is 0 Å². The van der Waals surface area contributed by atoms with E-state index in [1.54, 1.807) is 0 Å². The molecule has 0 spiro atoms. The molecular formula is C6H13NOS. The Kier molecular flexibility index (Phi) is 1.70. The molecule has 0 unspecified atom stereocenters. The zero-order valence-corrected chi connectivity index (χ0v) is 6.55. The van der Waals surface area contributed by atoms with Crippen LogP contribution in [0, 0.1) is 0 Å². The Labute approximate surface area is 60.9 Å². The number of thioether (sulfide) groups is 1. The van der Waals surface area contributed by atoms with Crippen LogP contribution in [-0.2, 0) is 0 Å².